The van der Waals surface area contributed by atoms with Crippen molar-refractivity contribution in [2.24, 2.45) is 0 Å². The Morgan fingerprint density at radius 1 is 1.08 bits per heavy atom. The van der Waals surface area contributed by atoms with Crippen LogP contribution in [0.5, 0.6) is 0 Å². The highest BCUT2D eigenvalue weighted by molar-refractivity contribution is 7.89. The molecule has 0 saturated carbocycles. The number of benzene rings is 2. The molecule has 0 bridgehead atoms. The highest BCUT2D eigenvalue weighted by atomic mass is 35.5. The van der Waals surface area contributed by atoms with E-state index >= 15 is 0 Å². The minimum Gasteiger partial charge on any atom is -0.337 e. The molecule has 8 nitrogen and oxygen atoms in total. The standard InChI is InChI=1S/C27H37ClN4O4S/c1-4-30(5-2)18-23-8-6-7-14-32(23)26(33)19(3)31-15-13-25(27(31)34)29-37(35,36)24-12-10-20-16-22(28)11-9-21(20)17-24/h9-12,16-17,19,23,25,29H,4-8,13-15,18H2,1-3H3/t19-,23?,25-/m1/s1. The normalized spacial score (nSPS) is 21.7. The lowest BCUT2D eigenvalue weighted by Gasteiger charge is -2.40. The Labute approximate surface area is 225 Å². The summed E-state index contributed by atoms with van der Waals surface area (Å²) in [6.45, 7) is 9.74. The number of likely N-dealkylation sites (tertiary alicyclic amines) is 2. The number of likely N-dealkylation sites (N-methyl/N-ethyl adjacent to an activating group) is 1. The summed E-state index contributed by atoms with van der Waals surface area (Å²) in [5, 5.41) is 2.15. The van der Waals surface area contributed by atoms with Gasteiger partial charge in [-0.25, -0.2) is 8.42 Å². The molecular weight excluding hydrogens is 512 g/mol. The molecule has 2 amide bonds. The number of halogens is 1. The lowest BCUT2D eigenvalue weighted by atomic mass is 10.00. The van der Waals surface area contributed by atoms with Crippen molar-refractivity contribution in [2.75, 3.05) is 32.7 Å². The molecule has 0 aliphatic carbocycles. The molecule has 4 rings (SSSR count). The Hall–Kier alpha value is -2.20. The molecule has 1 N–H and O–H groups in total. The van der Waals surface area contributed by atoms with Crippen molar-refractivity contribution >= 4 is 44.2 Å². The van der Waals surface area contributed by atoms with Crippen molar-refractivity contribution in [3.63, 3.8) is 0 Å². The Balaban J connectivity index is 1.44. The van der Waals surface area contributed by atoms with Crippen LogP contribution < -0.4 is 4.72 Å². The van der Waals surface area contributed by atoms with Gasteiger partial charge in [0.05, 0.1) is 4.90 Å². The predicted molar refractivity (Wildman–Crippen MR) is 146 cm³/mol. The minimum absolute atomic E-state index is 0.0538. The monoisotopic (exact) mass is 548 g/mol. The van der Waals surface area contributed by atoms with Gasteiger partial charge in [-0.1, -0.05) is 37.6 Å². The average molecular weight is 549 g/mol. The number of hydrogen-bond donors (Lipinski definition) is 1. The van der Waals surface area contributed by atoms with Gasteiger partial charge in [0.25, 0.3) is 0 Å². The van der Waals surface area contributed by atoms with Crippen molar-refractivity contribution < 1.29 is 18.0 Å². The van der Waals surface area contributed by atoms with E-state index < -0.39 is 22.1 Å². The van der Waals surface area contributed by atoms with Gasteiger partial charge in [-0.3, -0.25) is 9.59 Å². The number of fused-ring (bicyclic) bond motifs is 1. The fraction of sp³-hybridized carbons (Fsp3) is 0.556. The fourth-order valence-electron chi connectivity index (χ4n) is 5.45. The lowest BCUT2D eigenvalue weighted by Crippen LogP contribution is -2.56. The molecule has 2 fully saturated rings. The maximum absolute atomic E-state index is 13.5. The number of amides is 2. The third kappa shape index (κ3) is 6.11. The van der Waals surface area contributed by atoms with Gasteiger partial charge in [0.2, 0.25) is 21.8 Å². The first-order valence-electron chi connectivity index (χ1n) is 13.2. The molecule has 1 unspecified atom stereocenters. The highest BCUT2D eigenvalue weighted by Crippen LogP contribution is 2.25. The Morgan fingerprint density at radius 3 is 2.51 bits per heavy atom. The number of rotatable bonds is 9. The number of sulfonamides is 1. The first-order valence-corrected chi connectivity index (χ1v) is 15.1. The van der Waals surface area contributed by atoms with Crippen LogP contribution in [0.3, 0.4) is 0 Å². The van der Waals surface area contributed by atoms with Crippen molar-refractivity contribution in [1.29, 1.82) is 0 Å². The number of carbonyl (C=O) groups is 2. The second-order valence-corrected chi connectivity index (χ2v) is 12.1. The summed E-state index contributed by atoms with van der Waals surface area (Å²) in [4.78, 5) is 32.7. The summed E-state index contributed by atoms with van der Waals surface area (Å²) in [5.74, 6) is -0.406. The third-order valence-electron chi connectivity index (χ3n) is 7.72. The second kappa shape index (κ2) is 11.7. The molecule has 0 aromatic heterocycles. The van der Waals surface area contributed by atoms with E-state index in [1.807, 2.05) is 4.90 Å². The zero-order chi connectivity index (χ0) is 26.7. The van der Waals surface area contributed by atoms with Gasteiger partial charge in [0.1, 0.15) is 12.1 Å². The fourth-order valence-corrected chi connectivity index (χ4v) is 6.89. The van der Waals surface area contributed by atoms with Crippen LogP contribution in [0.4, 0.5) is 0 Å². The molecule has 3 atom stereocenters. The summed E-state index contributed by atoms with van der Waals surface area (Å²) in [6.07, 6.45) is 3.34. The molecule has 2 aliphatic heterocycles. The van der Waals surface area contributed by atoms with E-state index in [2.05, 4.69) is 23.5 Å². The Kier molecular flexibility index (Phi) is 8.78. The zero-order valence-corrected chi connectivity index (χ0v) is 23.4. The summed E-state index contributed by atoms with van der Waals surface area (Å²) in [5.41, 5.74) is 0. The van der Waals surface area contributed by atoms with Crippen LogP contribution in [0.2, 0.25) is 5.02 Å². The van der Waals surface area contributed by atoms with Gasteiger partial charge in [-0.15, -0.1) is 0 Å². The number of nitrogens with zero attached hydrogens (tertiary/aromatic N) is 3. The van der Waals surface area contributed by atoms with E-state index in [9.17, 15) is 18.0 Å². The van der Waals surface area contributed by atoms with E-state index in [-0.39, 0.29) is 22.8 Å². The molecule has 0 spiro atoms. The topological polar surface area (TPSA) is 90.0 Å². The summed E-state index contributed by atoms with van der Waals surface area (Å²) in [7, 11) is -3.93. The lowest BCUT2D eigenvalue weighted by molar-refractivity contribution is -0.146. The first kappa shape index (κ1) is 27.8. The van der Waals surface area contributed by atoms with Gasteiger partial charge in [-0.2, -0.15) is 4.72 Å². The molecule has 2 heterocycles. The van der Waals surface area contributed by atoms with E-state index in [0.29, 0.717) is 24.5 Å². The summed E-state index contributed by atoms with van der Waals surface area (Å²) < 4.78 is 28.8. The van der Waals surface area contributed by atoms with Crippen molar-refractivity contribution in [2.45, 2.75) is 69.5 Å². The molecule has 2 aliphatic rings. The number of nitrogens with one attached hydrogen (secondary N) is 1. The summed E-state index contributed by atoms with van der Waals surface area (Å²) >= 11 is 6.03. The van der Waals surface area contributed by atoms with Crippen LogP contribution in [0, 0.1) is 0 Å². The number of carbonyl (C=O) groups excluding carboxylic acids is 2. The smallest absolute Gasteiger partial charge is 0.245 e. The Bertz CT molecular complexity index is 1250. The quantitative estimate of drug-likeness (QED) is 0.518. The highest BCUT2D eigenvalue weighted by Gasteiger charge is 2.41. The summed E-state index contributed by atoms with van der Waals surface area (Å²) in [6, 6.07) is 8.64. The zero-order valence-electron chi connectivity index (χ0n) is 21.8. The average Bonchev–Trinajstić information content (AvgIpc) is 3.25. The second-order valence-electron chi connectivity index (χ2n) is 9.99. The molecule has 37 heavy (non-hydrogen) atoms. The van der Waals surface area contributed by atoms with Crippen LogP contribution in [0.15, 0.2) is 41.3 Å². The maximum Gasteiger partial charge on any atom is 0.245 e. The van der Waals surface area contributed by atoms with Gasteiger partial charge in [-0.05, 0) is 80.7 Å². The van der Waals surface area contributed by atoms with E-state index in [1.165, 1.54) is 11.0 Å². The van der Waals surface area contributed by atoms with Gasteiger partial charge in [0, 0.05) is 30.7 Å². The van der Waals surface area contributed by atoms with Gasteiger partial charge >= 0.3 is 0 Å². The van der Waals surface area contributed by atoms with Gasteiger partial charge in [0.15, 0.2) is 0 Å². The van der Waals surface area contributed by atoms with E-state index in [4.69, 9.17) is 11.6 Å². The molecule has 2 aromatic rings. The molecular formula is C27H37ClN4O4S. The molecule has 202 valence electrons. The number of hydrogen-bond acceptors (Lipinski definition) is 5. The van der Waals surface area contributed by atoms with E-state index in [1.54, 1.807) is 37.3 Å². The third-order valence-corrected chi connectivity index (χ3v) is 9.42. The van der Waals surface area contributed by atoms with Crippen LogP contribution in [-0.2, 0) is 19.6 Å². The minimum atomic E-state index is -3.93. The van der Waals surface area contributed by atoms with Crippen LogP contribution >= 0.6 is 11.6 Å². The molecule has 2 aromatic carbocycles. The molecule has 2 saturated heterocycles. The van der Waals surface area contributed by atoms with Crippen LogP contribution in [-0.4, -0.2) is 85.8 Å². The van der Waals surface area contributed by atoms with Crippen molar-refractivity contribution in [3.8, 4) is 0 Å². The SMILES string of the molecule is CCN(CC)CC1CCCCN1C(=O)[C@@H](C)N1CC[C@@H](NS(=O)(=O)c2ccc3cc(Cl)ccc3c2)C1=O. The Morgan fingerprint density at radius 2 is 1.78 bits per heavy atom. The molecule has 10 heteroatoms. The van der Waals surface area contributed by atoms with Gasteiger partial charge < -0.3 is 14.7 Å². The van der Waals surface area contributed by atoms with Crippen LogP contribution in [0.25, 0.3) is 10.8 Å². The predicted octanol–water partition coefficient (Wildman–Crippen LogP) is 3.48. The maximum atomic E-state index is 13.5. The van der Waals surface area contributed by atoms with Crippen LogP contribution in [0.1, 0.15) is 46.5 Å². The first-order chi connectivity index (χ1) is 17.6. The van der Waals surface area contributed by atoms with Crippen molar-refractivity contribution in [3.05, 3.63) is 41.4 Å². The molecule has 0 radical (unpaired) electrons. The van der Waals surface area contributed by atoms with Crippen molar-refractivity contribution in [1.82, 2.24) is 19.4 Å². The van der Waals surface area contributed by atoms with E-state index in [0.717, 1.165) is 49.7 Å². The largest absolute Gasteiger partial charge is 0.337 e. The number of piperidine rings is 1.